The van der Waals surface area contributed by atoms with Gasteiger partial charge >= 0.3 is 0 Å². The summed E-state index contributed by atoms with van der Waals surface area (Å²) < 4.78 is 18.7. The Balaban J connectivity index is 2.73. The molecule has 0 aromatic heterocycles. The third-order valence-corrected chi connectivity index (χ3v) is 3.05. The minimum Gasteiger partial charge on any atom is -0.496 e. The van der Waals surface area contributed by atoms with Gasteiger partial charge in [-0.3, -0.25) is 4.79 Å². The van der Waals surface area contributed by atoms with Crippen molar-refractivity contribution in [2.45, 2.75) is 6.92 Å². The van der Waals surface area contributed by atoms with Crippen molar-refractivity contribution in [2.75, 3.05) is 7.11 Å². The predicted molar refractivity (Wildman–Crippen MR) is 73.4 cm³/mol. The molecule has 98 valence electrons. The average molecular weight is 279 g/mol. The third kappa shape index (κ3) is 2.76. The lowest BCUT2D eigenvalue weighted by Crippen LogP contribution is -1.98. The fourth-order valence-corrected chi connectivity index (χ4v) is 2.11. The SMILES string of the molecule is COc1ccc(Cl)cc1-c1cc(F)ccc1C(C)=O. The Morgan fingerprint density at radius 1 is 1.16 bits per heavy atom. The molecule has 0 bridgehead atoms. The van der Waals surface area contributed by atoms with E-state index < -0.39 is 5.82 Å². The van der Waals surface area contributed by atoms with E-state index in [2.05, 4.69) is 0 Å². The Hall–Kier alpha value is -1.87. The molecule has 0 saturated heterocycles. The van der Waals surface area contributed by atoms with E-state index >= 15 is 0 Å². The van der Waals surface area contributed by atoms with E-state index in [-0.39, 0.29) is 5.78 Å². The van der Waals surface area contributed by atoms with Gasteiger partial charge in [0.05, 0.1) is 7.11 Å². The van der Waals surface area contributed by atoms with Gasteiger partial charge in [-0.2, -0.15) is 0 Å². The van der Waals surface area contributed by atoms with Crippen LogP contribution < -0.4 is 4.74 Å². The van der Waals surface area contributed by atoms with E-state index in [9.17, 15) is 9.18 Å². The summed E-state index contributed by atoms with van der Waals surface area (Å²) >= 11 is 5.96. The molecule has 2 rings (SSSR count). The van der Waals surface area contributed by atoms with Crippen LogP contribution in [-0.2, 0) is 0 Å². The van der Waals surface area contributed by atoms with Gasteiger partial charge in [0, 0.05) is 16.1 Å². The highest BCUT2D eigenvalue weighted by Crippen LogP contribution is 2.35. The summed E-state index contributed by atoms with van der Waals surface area (Å²) in [7, 11) is 1.51. The number of rotatable bonds is 3. The van der Waals surface area contributed by atoms with Crippen LogP contribution in [0.4, 0.5) is 4.39 Å². The van der Waals surface area contributed by atoms with Gasteiger partial charge in [0.1, 0.15) is 11.6 Å². The first-order valence-electron chi connectivity index (χ1n) is 5.67. The largest absolute Gasteiger partial charge is 0.496 e. The van der Waals surface area contributed by atoms with Crippen molar-refractivity contribution in [3.63, 3.8) is 0 Å². The van der Waals surface area contributed by atoms with Crippen LogP contribution in [-0.4, -0.2) is 12.9 Å². The maximum absolute atomic E-state index is 13.4. The summed E-state index contributed by atoms with van der Waals surface area (Å²) in [5.41, 5.74) is 1.51. The monoisotopic (exact) mass is 278 g/mol. The Kier molecular flexibility index (Phi) is 3.86. The fourth-order valence-electron chi connectivity index (χ4n) is 1.94. The molecule has 2 aromatic carbocycles. The van der Waals surface area contributed by atoms with Crippen molar-refractivity contribution < 1.29 is 13.9 Å². The highest BCUT2D eigenvalue weighted by molar-refractivity contribution is 6.31. The molecule has 0 amide bonds. The van der Waals surface area contributed by atoms with Crippen LogP contribution in [0.25, 0.3) is 11.1 Å². The molecule has 2 aromatic rings. The molecular weight excluding hydrogens is 267 g/mol. The molecule has 2 nitrogen and oxygen atoms in total. The van der Waals surface area contributed by atoms with E-state index in [0.717, 1.165) is 0 Å². The summed E-state index contributed by atoms with van der Waals surface area (Å²) in [5.74, 6) is -0.0171. The van der Waals surface area contributed by atoms with E-state index in [1.54, 1.807) is 18.2 Å². The molecular formula is C15H12ClFO2. The highest BCUT2D eigenvalue weighted by Gasteiger charge is 2.14. The topological polar surface area (TPSA) is 26.3 Å². The second-order valence-corrected chi connectivity index (χ2v) is 4.53. The number of ether oxygens (including phenoxy) is 1. The van der Waals surface area contributed by atoms with Crippen molar-refractivity contribution in [2.24, 2.45) is 0 Å². The maximum atomic E-state index is 13.4. The molecule has 0 aliphatic rings. The molecule has 0 atom stereocenters. The molecule has 0 heterocycles. The standard InChI is InChI=1S/C15H12ClFO2/c1-9(18)12-5-4-11(17)8-13(12)14-7-10(16)3-6-15(14)19-2/h3-8H,1-2H3. The number of carbonyl (C=O) groups is 1. The number of benzene rings is 2. The Labute approximate surface area is 115 Å². The summed E-state index contributed by atoms with van der Waals surface area (Å²) in [5, 5.41) is 0.495. The Bertz CT molecular complexity index is 638. The van der Waals surface area contributed by atoms with Crippen LogP contribution in [0.15, 0.2) is 36.4 Å². The van der Waals surface area contributed by atoms with Gasteiger partial charge in [0.25, 0.3) is 0 Å². The molecule has 0 aliphatic heterocycles. The number of methoxy groups -OCH3 is 1. The molecule has 0 spiro atoms. The van der Waals surface area contributed by atoms with Gasteiger partial charge in [-0.15, -0.1) is 0 Å². The predicted octanol–water partition coefficient (Wildman–Crippen LogP) is 4.36. The van der Waals surface area contributed by atoms with Gasteiger partial charge < -0.3 is 4.74 Å². The molecule has 19 heavy (non-hydrogen) atoms. The molecule has 0 unspecified atom stereocenters. The minimum absolute atomic E-state index is 0.142. The number of halogens is 2. The van der Waals surface area contributed by atoms with Crippen LogP contribution in [0.2, 0.25) is 5.02 Å². The fraction of sp³-hybridized carbons (Fsp3) is 0.133. The Morgan fingerprint density at radius 2 is 1.89 bits per heavy atom. The second-order valence-electron chi connectivity index (χ2n) is 4.09. The van der Waals surface area contributed by atoms with Crippen molar-refractivity contribution in [1.29, 1.82) is 0 Å². The van der Waals surface area contributed by atoms with Crippen LogP contribution in [0, 0.1) is 5.82 Å². The molecule has 0 saturated carbocycles. The molecule has 0 N–H and O–H groups in total. The van der Waals surface area contributed by atoms with Crippen LogP contribution in [0.5, 0.6) is 5.75 Å². The number of ketones is 1. The maximum Gasteiger partial charge on any atom is 0.160 e. The molecule has 0 radical (unpaired) electrons. The van der Waals surface area contributed by atoms with E-state index in [0.29, 0.717) is 27.5 Å². The van der Waals surface area contributed by atoms with Crippen LogP contribution in [0.3, 0.4) is 0 Å². The van der Waals surface area contributed by atoms with Crippen molar-refractivity contribution in [3.8, 4) is 16.9 Å². The minimum atomic E-state index is -0.415. The summed E-state index contributed by atoms with van der Waals surface area (Å²) in [6.07, 6.45) is 0. The van der Waals surface area contributed by atoms with E-state index in [1.807, 2.05) is 0 Å². The van der Waals surface area contributed by atoms with Gasteiger partial charge in [-0.25, -0.2) is 4.39 Å². The zero-order valence-corrected chi connectivity index (χ0v) is 11.3. The average Bonchev–Trinajstić information content (AvgIpc) is 2.38. The number of hydrogen-bond donors (Lipinski definition) is 0. The first kappa shape index (κ1) is 13.6. The lowest BCUT2D eigenvalue weighted by Gasteiger charge is -2.12. The lowest BCUT2D eigenvalue weighted by molar-refractivity contribution is 0.101. The van der Waals surface area contributed by atoms with Crippen molar-refractivity contribution in [1.82, 2.24) is 0 Å². The zero-order chi connectivity index (χ0) is 14.0. The molecule has 0 fully saturated rings. The van der Waals surface area contributed by atoms with Crippen LogP contribution >= 0.6 is 11.6 Å². The summed E-state index contributed by atoms with van der Waals surface area (Å²) in [4.78, 5) is 11.6. The van der Waals surface area contributed by atoms with Gasteiger partial charge in [0.15, 0.2) is 5.78 Å². The summed E-state index contributed by atoms with van der Waals surface area (Å²) in [6, 6.07) is 9.06. The van der Waals surface area contributed by atoms with E-state index in [1.165, 1.54) is 32.2 Å². The number of carbonyl (C=O) groups excluding carboxylic acids is 1. The second kappa shape index (κ2) is 5.41. The first-order chi connectivity index (χ1) is 9.02. The smallest absolute Gasteiger partial charge is 0.160 e. The first-order valence-corrected chi connectivity index (χ1v) is 6.05. The lowest BCUT2D eigenvalue weighted by atomic mass is 9.96. The summed E-state index contributed by atoms with van der Waals surface area (Å²) in [6.45, 7) is 1.44. The number of Topliss-reactive ketones (excluding diaryl/α,β-unsaturated/α-hetero) is 1. The van der Waals surface area contributed by atoms with Gasteiger partial charge in [-0.05, 0) is 48.9 Å². The van der Waals surface area contributed by atoms with Crippen molar-refractivity contribution >= 4 is 17.4 Å². The zero-order valence-electron chi connectivity index (χ0n) is 10.5. The molecule has 4 heteroatoms. The third-order valence-electron chi connectivity index (χ3n) is 2.81. The van der Waals surface area contributed by atoms with E-state index in [4.69, 9.17) is 16.3 Å². The van der Waals surface area contributed by atoms with Gasteiger partial charge in [-0.1, -0.05) is 11.6 Å². The van der Waals surface area contributed by atoms with Crippen molar-refractivity contribution in [3.05, 3.63) is 52.8 Å². The number of hydrogen-bond acceptors (Lipinski definition) is 2. The molecule has 0 aliphatic carbocycles. The normalized spacial score (nSPS) is 10.3. The quantitative estimate of drug-likeness (QED) is 0.780. The highest BCUT2D eigenvalue weighted by atomic mass is 35.5. The van der Waals surface area contributed by atoms with Crippen LogP contribution in [0.1, 0.15) is 17.3 Å². The Morgan fingerprint density at radius 3 is 2.53 bits per heavy atom. The van der Waals surface area contributed by atoms with Gasteiger partial charge in [0.2, 0.25) is 0 Å².